The fourth-order valence-electron chi connectivity index (χ4n) is 8.50. The topological polar surface area (TPSA) is 185 Å². The highest BCUT2D eigenvalue weighted by Crippen LogP contribution is 2.23. The van der Waals surface area contributed by atoms with E-state index in [0.29, 0.717) is 92.3 Å². The molecule has 0 atom stereocenters. The van der Waals surface area contributed by atoms with Crippen LogP contribution in [0, 0.1) is 0 Å². The Morgan fingerprint density at radius 2 is 0.593 bits per heavy atom. The third-order valence-corrected chi connectivity index (χ3v) is 13.2. The first-order valence-corrected chi connectivity index (χ1v) is 29.7. The van der Waals surface area contributed by atoms with Crippen LogP contribution in [0.3, 0.4) is 0 Å². The van der Waals surface area contributed by atoms with Crippen molar-refractivity contribution in [3.8, 4) is 17.2 Å². The van der Waals surface area contributed by atoms with Gasteiger partial charge in [0.1, 0.15) is 17.2 Å². The van der Waals surface area contributed by atoms with Crippen LogP contribution in [0.15, 0.2) is 92.5 Å². The second-order valence-electron chi connectivity index (χ2n) is 19.8. The van der Waals surface area contributed by atoms with Gasteiger partial charge in [0.2, 0.25) is 0 Å². The van der Waals surface area contributed by atoms with Crippen molar-refractivity contribution in [1.82, 2.24) is 0 Å². The van der Waals surface area contributed by atoms with Gasteiger partial charge < -0.3 is 42.6 Å². The summed E-state index contributed by atoms with van der Waals surface area (Å²) in [4.78, 5) is 74.3. The smallest absolute Gasteiger partial charge is 0.338 e. The van der Waals surface area contributed by atoms with Crippen LogP contribution < -0.4 is 14.2 Å². The van der Waals surface area contributed by atoms with Crippen LogP contribution in [0.5, 0.6) is 17.2 Å². The summed E-state index contributed by atoms with van der Waals surface area (Å²) in [5.41, 5.74) is 3.04. The lowest BCUT2D eigenvalue weighted by Gasteiger charge is -2.18. The fourth-order valence-corrected chi connectivity index (χ4v) is 8.50. The second-order valence-corrected chi connectivity index (χ2v) is 19.8. The van der Waals surface area contributed by atoms with Crippen LogP contribution in [0.2, 0.25) is 0 Å². The van der Waals surface area contributed by atoms with Gasteiger partial charge in [-0.2, -0.15) is 0 Å². The van der Waals surface area contributed by atoms with Crippen molar-refractivity contribution in [2.75, 3.05) is 46.2 Å². The largest absolute Gasteiger partial charge is 0.494 e. The third-order valence-electron chi connectivity index (χ3n) is 13.2. The Hall–Kier alpha value is -6.90. The average molecular weight is 1130 g/mol. The van der Waals surface area contributed by atoms with Gasteiger partial charge in [0.05, 0.1) is 69.4 Å². The average Bonchev–Trinajstić information content (AvgIpc) is 3.46. The first-order chi connectivity index (χ1) is 39.3. The van der Waals surface area contributed by atoms with Crippen molar-refractivity contribution < 1.29 is 71.4 Å². The van der Waals surface area contributed by atoms with Crippen LogP contribution in [0.1, 0.15) is 198 Å². The normalized spacial score (nSPS) is 10.8. The fraction of sp³-hybridized carbons (Fsp3) is 0.545. The first-order valence-electron chi connectivity index (χ1n) is 29.7. The lowest BCUT2D eigenvalue weighted by Crippen LogP contribution is -2.26. The summed E-state index contributed by atoms with van der Waals surface area (Å²) in [6, 6.07) is 21.8. The summed E-state index contributed by atoms with van der Waals surface area (Å²) in [6.07, 6.45) is 19.3. The molecule has 0 saturated heterocycles. The Bertz CT molecular complexity index is 2210. The lowest BCUT2D eigenvalue weighted by molar-refractivity contribution is -0.191. The molecule has 0 bridgehead atoms. The monoisotopic (exact) mass is 1120 g/mol. The summed E-state index contributed by atoms with van der Waals surface area (Å²) in [6.45, 7) is 19.4. The van der Waals surface area contributed by atoms with Gasteiger partial charge in [0.15, 0.2) is 0 Å². The van der Waals surface area contributed by atoms with Crippen LogP contribution in [0.25, 0.3) is 16.7 Å². The molecule has 0 aliphatic carbocycles. The quantitative estimate of drug-likeness (QED) is 0.0171. The van der Waals surface area contributed by atoms with Crippen molar-refractivity contribution in [1.29, 1.82) is 0 Å². The summed E-state index contributed by atoms with van der Waals surface area (Å²) >= 11 is 0. The standard InChI is InChI=1S/C66H92O15/c1-7-73-64(70)51(4)54-34-40-57(41-35-54)76-47-28-22-16-10-13-19-25-31-60(67)79-50-46-63(80-61(68)32-26-20-14-11-17-23-29-48-77-58-42-36-55(37-43-58)52(5)65(71)74-8-2)81-62(69)33-27-21-15-12-18-24-30-49-78-59-44-38-56(39-45-59)53(6)66(72)75-9-3/h34-45,63H,4-33,46-50H2,1-3H3. The van der Waals surface area contributed by atoms with Crippen LogP contribution in [-0.2, 0) is 57.2 Å². The van der Waals surface area contributed by atoms with Gasteiger partial charge in [-0.05, 0) is 112 Å². The van der Waals surface area contributed by atoms with Crippen LogP contribution >= 0.6 is 0 Å². The molecule has 81 heavy (non-hydrogen) atoms. The Kier molecular flexibility index (Phi) is 36.2. The minimum absolute atomic E-state index is 0.0334. The number of esters is 6. The number of hydrogen-bond donors (Lipinski definition) is 0. The molecule has 0 spiro atoms. The highest BCUT2D eigenvalue weighted by Gasteiger charge is 2.20. The van der Waals surface area contributed by atoms with Crippen molar-refractivity contribution in [2.45, 2.75) is 188 Å². The summed E-state index contributed by atoms with van der Waals surface area (Å²) < 4.78 is 49.4. The molecule has 0 aliphatic rings. The third kappa shape index (κ3) is 31.0. The Labute approximate surface area is 482 Å². The molecule has 0 heterocycles. The zero-order valence-corrected chi connectivity index (χ0v) is 48.9. The maximum atomic E-state index is 13.0. The molecular formula is C66H92O15. The van der Waals surface area contributed by atoms with E-state index in [-0.39, 0.29) is 38.3 Å². The van der Waals surface area contributed by atoms with Gasteiger partial charge in [-0.15, -0.1) is 0 Å². The Morgan fingerprint density at radius 1 is 0.333 bits per heavy atom. The maximum Gasteiger partial charge on any atom is 0.338 e. The van der Waals surface area contributed by atoms with Crippen molar-refractivity contribution in [2.24, 2.45) is 0 Å². The minimum Gasteiger partial charge on any atom is -0.494 e. The van der Waals surface area contributed by atoms with E-state index in [9.17, 15) is 28.8 Å². The SMILES string of the molecule is C=C(C(=O)OCC)c1ccc(OCCCCCCCCCC(=O)OCCC(OC(=O)CCCCCCCCCOc2ccc(C(=C)C(=O)OCC)cc2)OC(=O)CCCCCCCCCOc2ccc(C(=C)C(=O)OCC)cc2)cc1. The molecule has 15 heteroatoms. The molecule has 0 fully saturated rings. The number of ether oxygens (including phenoxy) is 9. The molecule has 0 radical (unpaired) electrons. The number of carbonyl (C=O) groups is 6. The summed E-state index contributed by atoms with van der Waals surface area (Å²) in [5, 5.41) is 0. The number of hydrogen-bond acceptors (Lipinski definition) is 15. The molecule has 3 rings (SSSR count). The van der Waals surface area contributed by atoms with Gasteiger partial charge in [0, 0.05) is 19.3 Å². The lowest BCUT2D eigenvalue weighted by atomic mass is 10.1. The van der Waals surface area contributed by atoms with E-state index in [4.69, 9.17) is 42.6 Å². The highest BCUT2D eigenvalue weighted by atomic mass is 16.7. The number of unbranched alkanes of at least 4 members (excludes halogenated alkanes) is 18. The van der Waals surface area contributed by atoms with Gasteiger partial charge in [-0.3, -0.25) is 14.4 Å². The van der Waals surface area contributed by atoms with E-state index in [2.05, 4.69) is 19.7 Å². The van der Waals surface area contributed by atoms with Gasteiger partial charge in [0.25, 0.3) is 6.29 Å². The molecule has 0 saturated carbocycles. The number of benzene rings is 3. The zero-order chi connectivity index (χ0) is 58.7. The predicted octanol–water partition coefficient (Wildman–Crippen LogP) is 14.7. The molecular weight excluding hydrogens is 1030 g/mol. The first kappa shape index (κ1) is 68.4. The number of rotatable bonds is 47. The van der Waals surface area contributed by atoms with Crippen molar-refractivity contribution >= 4 is 52.5 Å². The van der Waals surface area contributed by atoms with E-state index in [0.717, 1.165) is 133 Å². The van der Waals surface area contributed by atoms with Gasteiger partial charge in [-0.25, -0.2) is 14.4 Å². The number of carbonyl (C=O) groups excluding carboxylic acids is 6. The maximum absolute atomic E-state index is 13.0. The van der Waals surface area contributed by atoms with Crippen LogP contribution in [-0.4, -0.2) is 88.4 Å². The van der Waals surface area contributed by atoms with Crippen molar-refractivity contribution in [3.63, 3.8) is 0 Å². The molecule has 446 valence electrons. The summed E-state index contributed by atoms with van der Waals surface area (Å²) in [5.74, 6) is -0.330. The zero-order valence-electron chi connectivity index (χ0n) is 48.9. The molecule has 0 N–H and O–H groups in total. The van der Waals surface area contributed by atoms with E-state index in [1.807, 2.05) is 36.4 Å². The molecule has 3 aromatic rings. The molecule has 3 aromatic carbocycles. The van der Waals surface area contributed by atoms with Crippen molar-refractivity contribution in [3.05, 3.63) is 109 Å². The highest BCUT2D eigenvalue weighted by molar-refractivity contribution is 6.16. The molecule has 0 amide bonds. The molecule has 0 unspecified atom stereocenters. The van der Waals surface area contributed by atoms with Crippen LogP contribution in [0.4, 0.5) is 0 Å². The second kappa shape index (κ2) is 42.9. The molecule has 0 aliphatic heterocycles. The van der Waals surface area contributed by atoms with E-state index < -0.39 is 36.1 Å². The van der Waals surface area contributed by atoms with Gasteiger partial charge in [-0.1, -0.05) is 152 Å². The Balaban J connectivity index is 1.29. The Morgan fingerprint density at radius 3 is 0.877 bits per heavy atom. The predicted molar refractivity (Wildman–Crippen MR) is 315 cm³/mol. The van der Waals surface area contributed by atoms with E-state index >= 15 is 0 Å². The van der Waals surface area contributed by atoms with Gasteiger partial charge >= 0.3 is 35.8 Å². The minimum atomic E-state index is -1.14. The molecule has 0 aromatic heterocycles. The molecule has 15 nitrogen and oxygen atoms in total. The van der Waals surface area contributed by atoms with E-state index in [1.165, 1.54) is 0 Å². The summed E-state index contributed by atoms with van der Waals surface area (Å²) in [7, 11) is 0. The van der Waals surface area contributed by atoms with E-state index in [1.54, 1.807) is 57.2 Å².